The molecule has 94 valence electrons. The lowest BCUT2D eigenvalue weighted by atomic mass is 9.92. The van der Waals surface area contributed by atoms with Crippen LogP contribution in [0.3, 0.4) is 0 Å². The van der Waals surface area contributed by atoms with E-state index >= 15 is 0 Å². The normalized spacial score (nSPS) is 12.3. The first kappa shape index (κ1) is 12.8. The van der Waals surface area contributed by atoms with Crippen LogP contribution >= 0.6 is 0 Å². The number of hydrogen-bond acceptors (Lipinski definition) is 2. The minimum Gasteiger partial charge on any atom is -0.396 e. The molecule has 0 aliphatic carbocycles. The van der Waals surface area contributed by atoms with E-state index in [2.05, 4.69) is 36.2 Å². The standard InChI is InChI=1S/C16H19NO/c1-2-13-3-5-15(6-4-13)16(12-18)11-14-7-9-17-10-8-14/h3-10,16,18H,2,11-12H2,1H3. The van der Waals surface area contributed by atoms with Crippen molar-refractivity contribution in [1.82, 2.24) is 4.98 Å². The Bertz CT molecular complexity index is 464. The number of aryl methyl sites for hydroxylation is 1. The molecule has 2 heteroatoms. The summed E-state index contributed by atoms with van der Waals surface area (Å²) in [6.45, 7) is 2.32. The van der Waals surface area contributed by atoms with Gasteiger partial charge in [-0.15, -0.1) is 0 Å². The van der Waals surface area contributed by atoms with Crippen LogP contribution in [0.5, 0.6) is 0 Å². The molecule has 1 N–H and O–H groups in total. The first-order chi connectivity index (χ1) is 8.83. The maximum absolute atomic E-state index is 9.55. The Kier molecular flexibility index (Phi) is 4.48. The monoisotopic (exact) mass is 241 g/mol. The summed E-state index contributed by atoms with van der Waals surface area (Å²) in [6.07, 6.45) is 5.49. The highest BCUT2D eigenvalue weighted by molar-refractivity contribution is 5.27. The molecule has 2 nitrogen and oxygen atoms in total. The van der Waals surface area contributed by atoms with Crippen molar-refractivity contribution in [2.45, 2.75) is 25.7 Å². The Labute approximate surface area is 108 Å². The van der Waals surface area contributed by atoms with E-state index < -0.39 is 0 Å². The highest BCUT2D eigenvalue weighted by Crippen LogP contribution is 2.21. The minimum absolute atomic E-state index is 0.165. The molecule has 2 rings (SSSR count). The zero-order valence-corrected chi connectivity index (χ0v) is 10.7. The second-order valence-corrected chi connectivity index (χ2v) is 4.53. The Morgan fingerprint density at radius 2 is 1.67 bits per heavy atom. The van der Waals surface area contributed by atoms with Crippen molar-refractivity contribution >= 4 is 0 Å². The SMILES string of the molecule is CCc1ccc(C(CO)Cc2ccncc2)cc1. The predicted octanol–water partition coefficient (Wildman–Crippen LogP) is 2.96. The number of aromatic nitrogens is 1. The minimum atomic E-state index is 0.165. The summed E-state index contributed by atoms with van der Waals surface area (Å²) in [4.78, 5) is 4.01. The summed E-state index contributed by atoms with van der Waals surface area (Å²) in [5, 5.41) is 9.55. The van der Waals surface area contributed by atoms with Crippen LogP contribution in [0.4, 0.5) is 0 Å². The fourth-order valence-electron chi connectivity index (χ4n) is 2.12. The van der Waals surface area contributed by atoms with Gasteiger partial charge in [0.25, 0.3) is 0 Å². The summed E-state index contributed by atoms with van der Waals surface area (Å²) in [5.74, 6) is 0.165. The molecule has 1 heterocycles. The highest BCUT2D eigenvalue weighted by Gasteiger charge is 2.11. The fraction of sp³-hybridized carbons (Fsp3) is 0.312. The zero-order chi connectivity index (χ0) is 12.8. The topological polar surface area (TPSA) is 33.1 Å². The van der Waals surface area contributed by atoms with Crippen LogP contribution in [0.1, 0.15) is 29.5 Å². The molecule has 0 aliphatic rings. The molecule has 1 atom stereocenters. The summed E-state index contributed by atoms with van der Waals surface area (Å²) >= 11 is 0. The molecule has 18 heavy (non-hydrogen) atoms. The van der Waals surface area contributed by atoms with Crippen LogP contribution < -0.4 is 0 Å². The van der Waals surface area contributed by atoms with E-state index in [-0.39, 0.29) is 12.5 Å². The van der Waals surface area contributed by atoms with E-state index in [1.54, 1.807) is 12.4 Å². The lowest BCUT2D eigenvalue weighted by Crippen LogP contribution is -2.08. The molecule has 0 radical (unpaired) electrons. The molecule has 1 unspecified atom stereocenters. The van der Waals surface area contributed by atoms with E-state index in [9.17, 15) is 5.11 Å². The zero-order valence-electron chi connectivity index (χ0n) is 10.7. The molecular formula is C16H19NO. The van der Waals surface area contributed by atoms with Crippen molar-refractivity contribution in [3.05, 3.63) is 65.5 Å². The molecule has 1 aromatic heterocycles. The number of rotatable bonds is 5. The number of aliphatic hydroxyl groups is 1. The smallest absolute Gasteiger partial charge is 0.0502 e. The van der Waals surface area contributed by atoms with Crippen molar-refractivity contribution in [3.63, 3.8) is 0 Å². The third-order valence-electron chi connectivity index (χ3n) is 3.31. The highest BCUT2D eigenvalue weighted by atomic mass is 16.3. The van der Waals surface area contributed by atoms with Crippen molar-refractivity contribution in [3.8, 4) is 0 Å². The average Bonchev–Trinajstić information content (AvgIpc) is 2.46. The lowest BCUT2D eigenvalue weighted by molar-refractivity contribution is 0.264. The number of benzene rings is 1. The largest absolute Gasteiger partial charge is 0.396 e. The summed E-state index contributed by atoms with van der Waals surface area (Å²) in [5.41, 5.74) is 3.74. The van der Waals surface area contributed by atoms with Crippen LogP contribution in [0.25, 0.3) is 0 Å². The van der Waals surface area contributed by atoms with Crippen LogP contribution in [-0.4, -0.2) is 16.7 Å². The Balaban J connectivity index is 2.12. The van der Waals surface area contributed by atoms with Gasteiger partial charge in [0.15, 0.2) is 0 Å². The van der Waals surface area contributed by atoms with Crippen LogP contribution in [0.2, 0.25) is 0 Å². The quantitative estimate of drug-likeness (QED) is 0.873. The first-order valence-corrected chi connectivity index (χ1v) is 6.42. The number of nitrogens with zero attached hydrogens (tertiary/aromatic N) is 1. The average molecular weight is 241 g/mol. The van der Waals surface area contributed by atoms with Crippen LogP contribution in [0, 0.1) is 0 Å². The van der Waals surface area contributed by atoms with Gasteiger partial charge in [0.2, 0.25) is 0 Å². The fourth-order valence-corrected chi connectivity index (χ4v) is 2.12. The van der Waals surface area contributed by atoms with Gasteiger partial charge >= 0.3 is 0 Å². The van der Waals surface area contributed by atoms with Crippen molar-refractivity contribution < 1.29 is 5.11 Å². The number of pyridine rings is 1. The molecule has 0 saturated carbocycles. The van der Waals surface area contributed by atoms with E-state index in [4.69, 9.17) is 0 Å². The van der Waals surface area contributed by atoms with Crippen LogP contribution in [0.15, 0.2) is 48.8 Å². The van der Waals surface area contributed by atoms with E-state index in [0.717, 1.165) is 12.8 Å². The van der Waals surface area contributed by atoms with Gasteiger partial charge in [0.1, 0.15) is 0 Å². The third kappa shape index (κ3) is 3.17. The molecular weight excluding hydrogens is 222 g/mol. The van der Waals surface area contributed by atoms with E-state index in [0.29, 0.717) is 0 Å². The van der Waals surface area contributed by atoms with Gasteiger partial charge in [-0.2, -0.15) is 0 Å². The van der Waals surface area contributed by atoms with Gasteiger partial charge < -0.3 is 5.11 Å². The second-order valence-electron chi connectivity index (χ2n) is 4.53. The number of hydrogen-bond donors (Lipinski definition) is 1. The Hall–Kier alpha value is -1.67. The van der Waals surface area contributed by atoms with Crippen molar-refractivity contribution in [2.24, 2.45) is 0 Å². The third-order valence-corrected chi connectivity index (χ3v) is 3.31. The maximum Gasteiger partial charge on any atom is 0.0502 e. The van der Waals surface area contributed by atoms with Gasteiger partial charge in [-0.1, -0.05) is 31.2 Å². The van der Waals surface area contributed by atoms with E-state index in [1.807, 2.05) is 12.1 Å². The summed E-state index contributed by atoms with van der Waals surface area (Å²) in [7, 11) is 0. The van der Waals surface area contributed by atoms with Crippen LogP contribution in [-0.2, 0) is 12.8 Å². The molecule has 0 fully saturated rings. The Morgan fingerprint density at radius 3 is 2.22 bits per heavy atom. The predicted molar refractivity (Wildman–Crippen MR) is 73.6 cm³/mol. The molecule has 0 amide bonds. The van der Waals surface area contributed by atoms with Crippen molar-refractivity contribution in [2.75, 3.05) is 6.61 Å². The number of aliphatic hydroxyl groups excluding tert-OH is 1. The molecule has 0 saturated heterocycles. The first-order valence-electron chi connectivity index (χ1n) is 6.42. The molecule has 2 aromatic rings. The molecule has 1 aromatic carbocycles. The summed E-state index contributed by atoms with van der Waals surface area (Å²) < 4.78 is 0. The molecule has 0 spiro atoms. The second kappa shape index (κ2) is 6.31. The molecule has 0 bridgehead atoms. The van der Waals surface area contributed by atoms with Crippen molar-refractivity contribution in [1.29, 1.82) is 0 Å². The van der Waals surface area contributed by atoms with Gasteiger partial charge in [-0.3, -0.25) is 4.98 Å². The van der Waals surface area contributed by atoms with Gasteiger partial charge in [0, 0.05) is 18.3 Å². The Morgan fingerprint density at radius 1 is 1.00 bits per heavy atom. The molecule has 0 aliphatic heterocycles. The van der Waals surface area contributed by atoms with Gasteiger partial charge in [-0.25, -0.2) is 0 Å². The lowest BCUT2D eigenvalue weighted by Gasteiger charge is -2.15. The van der Waals surface area contributed by atoms with E-state index in [1.165, 1.54) is 16.7 Å². The maximum atomic E-state index is 9.55. The van der Waals surface area contributed by atoms with Gasteiger partial charge in [-0.05, 0) is 41.7 Å². The van der Waals surface area contributed by atoms with Gasteiger partial charge in [0.05, 0.1) is 6.61 Å². The summed E-state index contributed by atoms with van der Waals surface area (Å²) in [6, 6.07) is 12.5.